The van der Waals surface area contributed by atoms with Crippen molar-refractivity contribution in [1.82, 2.24) is 24.3 Å². The molecule has 7 nitrogen and oxygen atoms in total. The fraction of sp³-hybridized carbons (Fsp3) is 0.444. The first-order chi connectivity index (χ1) is 13.7. The van der Waals surface area contributed by atoms with Crippen molar-refractivity contribution < 1.29 is 17.9 Å². The van der Waals surface area contributed by atoms with Crippen molar-refractivity contribution in [2.75, 3.05) is 6.61 Å². The Balaban J connectivity index is 2.06. The van der Waals surface area contributed by atoms with Gasteiger partial charge in [0.25, 0.3) is 5.56 Å². The summed E-state index contributed by atoms with van der Waals surface area (Å²) in [7, 11) is 1.69. The topological polar surface area (TPSA) is 77.7 Å². The highest BCUT2D eigenvalue weighted by Crippen LogP contribution is 2.36. The molecule has 0 radical (unpaired) electrons. The second-order valence-electron chi connectivity index (χ2n) is 7.02. The molecule has 1 fully saturated rings. The van der Waals surface area contributed by atoms with Crippen LogP contribution >= 0.6 is 12.2 Å². The van der Waals surface area contributed by atoms with E-state index in [1.165, 1.54) is 10.8 Å². The lowest BCUT2D eigenvalue weighted by molar-refractivity contribution is -0.136. The molecule has 1 atom stereocenters. The normalized spacial score (nSPS) is 17.3. The highest BCUT2D eigenvalue weighted by molar-refractivity contribution is 7.71. The van der Waals surface area contributed by atoms with Gasteiger partial charge in [-0.3, -0.25) is 19.0 Å². The van der Waals surface area contributed by atoms with E-state index in [1.54, 1.807) is 18.7 Å². The summed E-state index contributed by atoms with van der Waals surface area (Å²) in [6.07, 6.45) is -1.87. The predicted molar refractivity (Wildman–Crippen MR) is 102 cm³/mol. The third kappa shape index (κ3) is 3.48. The lowest BCUT2D eigenvalue weighted by Gasteiger charge is -2.18. The van der Waals surface area contributed by atoms with Crippen molar-refractivity contribution >= 4 is 23.3 Å². The number of nitrogens with zero attached hydrogens (tertiary/aromatic N) is 4. The van der Waals surface area contributed by atoms with Crippen molar-refractivity contribution in [3.05, 3.63) is 38.6 Å². The largest absolute Gasteiger partial charge is 0.417 e. The van der Waals surface area contributed by atoms with Gasteiger partial charge in [0, 0.05) is 24.9 Å². The number of halogens is 3. The second kappa shape index (κ2) is 7.06. The molecule has 1 N–H and O–H groups in total. The molecule has 0 aromatic carbocycles. The fourth-order valence-corrected chi connectivity index (χ4v) is 3.80. The number of aromatic amines is 1. The first-order valence-corrected chi connectivity index (χ1v) is 9.43. The molecule has 4 heterocycles. The number of aromatic nitrogens is 5. The maximum atomic E-state index is 13.9. The van der Waals surface area contributed by atoms with Crippen LogP contribution < -0.4 is 5.56 Å². The quantitative estimate of drug-likeness (QED) is 0.651. The van der Waals surface area contributed by atoms with Gasteiger partial charge in [-0.15, -0.1) is 0 Å². The molecule has 0 bridgehead atoms. The SMILES string of the molecule is Cc1c(-c2cc(C(F)(F)F)c3c(=O)[nH]c(=S)n(CC4CCCO4)c3n2)cnn1C. The van der Waals surface area contributed by atoms with Gasteiger partial charge in [-0.25, -0.2) is 4.98 Å². The Hall–Kier alpha value is -2.53. The Bertz CT molecular complexity index is 1210. The van der Waals surface area contributed by atoms with E-state index < -0.39 is 22.7 Å². The first kappa shape index (κ1) is 19.8. The number of ether oxygens (including phenoxy) is 1. The van der Waals surface area contributed by atoms with Crippen LogP contribution in [0.2, 0.25) is 0 Å². The van der Waals surface area contributed by atoms with E-state index in [-0.39, 0.29) is 28.8 Å². The standard InChI is InChI=1S/C18H18F3N5O2S/c1-9-11(7-22-25(9)2)13-6-12(18(19,20)21)14-15(23-13)26(17(29)24-16(14)27)8-10-4-3-5-28-10/h6-7,10H,3-5,8H2,1-2H3,(H,24,27,29). The Morgan fingerprint density at radius 1 is 1.41 bits per heavy atom. The smallest absolute Gasteiger partial charge is 0.376 e. The van der Waals surface area contributed by atoms with Crippen LogP contribution in [-0.4, -0.2) is 37.0 Å². The fourth-order valence-electron chi connectivity index (χ4n) is 3.55. The van der Waals surface area contributed by atoms with Crippen molar-refractivity contribution in [2.24, 2.45) is 7.05 Å². The Labute approximate surface area is 168 Å². The van der Waals surface area contributed by atoms with E-state index in [0.717, 1.165) is 18.9 Å². The van der Waals surface area contributed by atoms with Crippen LogP contribution in [0.25, 0.3) is 22.3 Å². The summed E-state index contributed by atoms with van der Waals surface area (Å²) in [4.78, 5) is 19.2. The zero-order chi connectivity index (χ0) is 20.9. The zero-order valence-corrected chi connectivity index (χ0v) is 16.5. The number of fused-ring (bicyclic) bond motifs is 1. The average molecular weight is 425 g/mol. The summed E-state index contributed by atoms with van der Waals surface area (Å²) in [6.45, 7) is 2.53. The second-order valence-corrected chi connectivity index (χ2v) is 7.41. The summed E-state index contributed by atoms with van der Waals surface area (Å²) >= 11 is 5.24. The van der Waals surface area contributed by atoms with Crippen molar-refractivity contribution in [1.29, 1.82) is 0 Å². The maximum Gasteiger partial charge on any atom is 0.417 e. The Morgan fingerprint density at radius 2 is 2.17 bits per heavy atom. The minimum Gasteiger partial charge on any atom is -0.376 e. The predicted octanol–water partition coefficient (Wildman–Crippen LogP) is 3.36. The molecule has 1 saturated heterocycles. The van der Waals surface area contributed by atoms with Gasteiger partial charge < -0.3 is 4.74 Å². The van der Waals surface area contributed by atoms with Crippen LogP contribution in [0.1, 0.15) is 24.1 Å². The minimum atomic E-state index is -4.75. The molecule has 4 rings (SSSR count). The average Bonchev–Trinajstić information content (AvgIpc) is 3.27. The van der Waals surface area contributed by atoms with E-state index in [9.17, 15) is 18.0 Å². The van der Waals surface area contributed by atoms with Gasteiger partial charge in [-0.05, 0) is 38.0 Å². The third-order valence-electron chi connectivity index (χ3n) is 5.18. The molecule has 0 aliphatic carbocycles. The number of hydrogen-bond donors (Lipinski definition) is 1. The van der Waals surface area contributed by atoms with E-state index >= 15 is 0 Å². The lowest BCUT2D eigenvalue weighted by atomic mass is 10.1. The minimum absolute atomic E-state index is 0.0127. The number of aryl methyl sites for hydroxylation is 1. The number of rotatable bonds is 3. The van der Waals surface area contributed by atoms with Gasteiger partial charge in [-0.2, -0.15) is 18.3 Å². The van der Waals surface area contributed by atoms with E-state index in [4.69, 9.17) is 17.0 Å². The van der Waals surface area contributed by atoms with Gasteiger partial charge in [0.1, 0.15) is 5.65 Å². The van der Waals surface area contributed by atoms with E-state index in [1.807, 2.05) is 0 Å². The molecule has 1 aliphatic heterocycles. The molecule has 0 saturated carbocycles. The molecule has 3 aromatic rings. The van der Waals surface area contributed by atoms with E-state index in [0.29, 0.717) is 17.9 Å². The Morgan fingerprint density at radius 3 is 2.76 bits per heavy atom. The molecular formula is C18H18F3N5O2S. The zero-order valence-electron chi connectivity index (χ0n) is 15.7. The van der Waals surface area contributed by atoms with Gasteiger partial charge >= 0.3 is 6.18 Å². The maximum absolute atomic E-state index is 13.9. The van der Waals surface area contributed by atoms with Gasteiger partial charge in [0.15, 0.2) is 4.77 Å². The number of nitrogens with one attached hydrogen (secondary N) is 1. The molecule has 11 heteroatoms. The molecule has 154 valence electrons. The van der Waals surface area contributed by atoms with Crippen molar-refractivity contribution in [2.45, 2.75) is 38.6 Å². The van der Waals surface area contributed by atoms with Gasteiger partial charge in [0.2, 0.25) is 0 Å². The van der Waals surface area contributed by atoms with Crippen LogP contribution in [0.15, 0.2) is 17.1 Å². The molecule has 3 aromatic heterocycles. The summed E-state index contributed by atoms with van der Waals surface area (Å²) in [5.41, 5.74) is -0.895. The van der Waals surface area contributed by atoms with Crippen LogP contribution in [-0.2, 0) is 24.5 Å². The first-order valence-electron chi connectivity index (χ1n) is 9.02. The third-order valence-corrected chi connectivity index (χ3v) is 5.50. The summed E-state index contributed by atoms with van der Waals surface area (Å²) in [5, 5.41) is 3.55. The number of pyridine rings is 1. The molecule has 0 spiro atoms. The Kier molecular flexibility index (Phi) is 4.82. The molecular weight excluding hydrogens is 407 g/mol. The van der Waals surface area contributed by atoms with Crippen LogP contribution in [0.4, 0.5) is 13.2 Å². The van der Waals surface area contributed by atoms with Crippen LogP contribution in [0.5, 0.6) is 0 Å². The van der Waals surface area contributed by atoms with Gasteiger partial charge in [0.05, 0.1) is 35.5 Å². The number of alkyl halides is 3. The van der Waals surface area contributed by atoms with Crippen molar-refractivity contribution in [3.63, 3.8) is 0 Å². The van der Waals surface area contributed by atoms with Gasteiger partial charge in [-0.1, -0.05) is 0 Å². The van der Waals surface area contributed by atoms with Crippen molar-refractivity contribution in [3.8, 4) is 11.3 Å². The van der Waals surface area contributed by atoms with Crippen LogP contribution in [0.3, 0.4) is 0 Å². The van der Waals surface area contributed by atoms with Crippen LogP contribution in [0, 0.1) is 11.7 Å². The molecule has 29 heavy (non-hydrogen) atoms. The number of hydrogen-bond acceptors (Lipinski definition) is 5. The molecule has 1 unspecified atom stereocenters. The number of H-pyrrole nitrogens is 1. The molecule has 0 amide bonds. The highest BCUT2D eigenvalue weighted by atomic mass is 32.1. The summed E-state index contributed by atoms with van der Waals surface area (Å²) < 4.78 is 50.2. The monoisotopic (exact) mass is 425 g/mol. The molecule has 1 aliphatic rings. The summed E-state index contributed by atoms with van der Waals surface area (Å²) in [6, 6.07) is 0.890. The summed E-state index contributed by atoms with van der Waals surface area (Å²) in [5.74, 6) is 0. The lowest BCUT2D eigenvalue weighted by Crippen LogP contribution is -2.24. The highest BCUT2D eigenvalue weighted by Gasteiger charge is 2.36. The van der Waals surface area contributed by atoms with E-state index in [2.05, 4.69) is 15.1 Å².